The first kappa shape index (κ1) is 18.8. The minimum Gasteiger partial charge on any atom is -0.488 e. The molecule has 0 N–H and O–H groups in total. The second-order valence-electron chi connectivity index (χ2n) is 2.64. The zero-order chi connectivity index (χ0) is 11.9. The molecule has 5 nitrogen and oxygen atoms in total. The monoisotopic (exact) mass is 260 g/mol. The molecule has 0 bridgehead atoms. The van der Waals surface area contributed by atoms with Crippen molar-refractivity contribution in [2.45, 2.75) is 27.7 Å². The van der Waals surface area contributed by atoms with Gasteiger partial charge in [-0.3, -0.25) is 9.36 Å². The van der Waals surface area contributed by atoms with Crippen LogP contribution in [0.4, 0.5) is 0 Å². The molecule has 7 heteroatoms. The summed E-state index contributed by atoms with van der Waals surface area (Å²) in [6, 6.07) is 0. The van der Waals surface area contributed by atoms with E-state index in [1.165, 1.54) is 6.92 Å². The Balaban J connectivity index is 0. The molecule has 0 atom stereocenters. The maximum Gasteiger partial charge on any atom is 1.00 e. The van der Waals surface area contributed by atoms with E-state index in [0.29, 0.717) is 0 Å². The Morgan fingerprint density at radius 1 is 1.12 bits per heavy atom. The number of rotatable bonds is 7. The van der Waals surface area contributed by atoms with Crippen LogP contribution in [0.25, 0.3) is 0 Å². The second kappa shape index (κ2) is 9.51. The zero-order valence-corrected chi connectivity index (χ0v) is 13.5. The van der Waals surface area contributed by atoms with Gasteiger partial charge < -0.3 is 13.8 Å². The van der Waals surface area contributed by atoms with Crippen molar-refractivity contribution in [1.82, 2.24) is 0 Å². The quantitative estimate of drug-likeness (QED) is 0.264. The molecule has 0 aliphatic carbocycles. The summed E-state index contributed by atoms with van der Waals surface area (Å²) >= 11 is 0. The van der Waals surface area contributed by atoms with E-state index in [1.54, 1.807) is 20.8 Å². The molecule has 0 aromatic rings. The van der Waals surface area contributed by atoms with Gasteiger partial charge in [0, 0.05) is 0 Å². The van der Waals surface area contributed by atoms with Crippen molar-refractivity contribution >= 4 is 13.6 Å². The van der Waals surface area contributed by atoms with Gasteiger partial charge in [-0.15, -0.1) is 0 Å². The van der Waals surface area contributed by atoms with Crippen molar-refractivity contribution in [3.63, 3.8) is 0 Å². The van der Waals surface area contributed by atoms with E-state index >= 15 is 0 Å². The van der Waals surface area contributed by atoms with E-state index in [-0.39, 0.29) is 55.0 Å². The molecule has 0 unspecified atom stereocenters. The van der Waals surface area contributed by atoms with Gasteiger partial charge in [0.1, 0.15) is 0 Å². The molecule has 0 amide bonds. The largest absolute Gasteiger partial charge is 1.00 e. The Hall–Kier alpha value is 0.490. The summed E-state index contributed by atoms with van der Waals surface area (Å²) in [6.45, 7) is 7.12. The van der Waals surface area contributed by atoms with Crippen molar-refractivity contribution in [2.75, 3.05) is 19.8 Å². The van der Waals surface area contributed by atoms with Crippen molar-refractivity contribution in [2.24, 2.45) is 0 Å². The summed E-state index contributed by atoms with van der Waals surface area (Å²) in [5.74, 6) is -0.636. The Morgan fingerprint density at radius 2 is 1.56 bits per heavy atom. The van der Waals surface area contributed by atoms with Gasteiger partial charge in [0.05, 0.1) is 19.8 Å². The predicted octanol–water partition coefficient (Wildman–Crippen LogP) is -0.629. The molecule has 0 saturated heterocycles. The maximum absolute atomic E-state index is 12.0. The average Bonchev–Trinajstić information content (AvgIpc) is 2.17. The minimum absolute atomic E-state index is 0. The molecule has 0 aliphatic heterocycles. The topological polar surface area (TPSA) is 61.8 Å². The summed E-state index contributed by atoms with van der Waals surface area (Å²) in [7, 11) is -3.45. The van der Waals surface area contributed by atoms with Crippen LogP contribution in [0.1, 0.15) is 27.7 Å². The fourth-order valence-electron chi connectivity index (χ4n) is 0.918. The molecular formula is C9H18NaO5P. The molecule has 0 fully saturated rings. The first-order valence-electron chi connectivity index (χ1n) is 4.92. The first-order chi connectivity index (χ1) is 7.01. The van der Waals surface area contributed by atoms with Gasteiger partial charge in [-0.05, 0) is 20.8 Å². The smallest absolute Gasteiger partial charge is 0.488 e. The maximum atomic E-state index is 12.0. The van der Waals surface area contributed by atoms with Crippen LogP contribution in [0.3, 0.4) is 0 Å². The van der Waals surface area contributed by atoms with Crippen LogP contribution in [0.15, 0.2) is 0 Å². The SMILES string of the molecule is CCOC(=O)[C-](C)P(=O)(OCC)OCC.[Na+]. The van der Waals surface area contributed by atoms with Crippen molar-refractivity contribution in [3.05, 3.63) is 5.66 Å². The molecular weight excluding hydrogens is 242 g/mol. The van der Waals surface area contributed by atoms with Gasteiger partial charge in [-0.25, -0.2) is 0 Å². The molecule has 90 valence electrons. The minimum atomic E-state index is -3.45. The molecule has 0 aliphatic rings. The Bertz CT molecular complexity index is 236. The van der Waals surface area contributed by atoms with Crippen molar-refractivity contribution in [3.8, 4) is 0 Å². The van der Waals surface area contributed by atoms with E-state index in [2.05, 4.69) is 0 Å². The van der Waals surface area contributed by atoms with E-state index < -0.39 is 13.6 Å². The molecule has 0 heterocycles. The van der Waals surface area contributed by atoms with Crippen LogP contribution in [0.2, 0.25) is 0 Å². The third-order valence-corrected chi connectivity index (χ3v) is 3.78. The van der Waals surface area contributed by atoms with Gasteiger partial charge in [-0.2, -0.15) is 12.6 Å². The molecule has 0 radical (unpaired) electrons. The van der Waals surface area contributed by atoms with Crippen molar-refractivity contribution in [1.29, 1.82) is 0 Å². The molecule has 0 spiro atoms. The Morgan fingerprint density at radius 3 is 1.88 bits per heavy atom. The third-order valence-electron chi connectivity index (χ3n) is 1.58. The zero-order valence-electron chi connectivity index (χ0n) is 10.6. The normalized spacial score (nSPS) is 10.5. The van der Waals surface area contributed by atoms with E-state index in [4.69, 9.17) is 13.8 Å². The fourth-order valence-corrected chi connectivity index (χ4v) is 2.35. The third kappa shape index (κ3) is 5.71. The van der Waals surface area contributed by atoms with Crippen LogP contribution >= 0.6 is 7.60 Å². The number of hydrogen-bond acceptors (Lipinski definition) is 5. The van der Waals surface area contributed by atoms with Gasteiger partial charge in [0.25, 0.3) is 0 Å². The number of esters is 1. The van der Waals surface area contributed by atoms with Crippen LogP contribution in [0, 0.1) is 5.66 Å². The predicted molar refractivity (Wildman–Crippen MR) is 56.4 cm³/mol. The standard InChI is InChI=1S/C9H18O5P.Na/c1-5-12-9(10)8(4)15(11,13-6-2)14-7-3;/h5-7H2,1-4H3;/q-1;+1. The van der Waals surface area contributed by atoms with E-state index in [1.807, 2.05) is 0 Å². The van der Waals surface area contributed by atoms with E-state index in [0.717, 1.165) is 0 Å². The number of hydrogen-bond donors (Lipinski definition) is 0. The first-order valence-corrected chi connectivity index (χ1v) is 6.46. The molecule has 0 aromatic heterocycles. The second-order valence-corrected chi connectivity index (χ2v) is 4.82. The molecule has 0 saturated carbocycles. The summed E-state index contributed by atoms with van der Waals surface area (Å²) < 4.78 is 26.8. The average molecular weight is 260 g/mol. The van der Waals surface area contributed by atoms with Crippen LogP contribution in [0.5, 0.6) is 0 Å². The van der Waals surface area contributed by atoms with Crippen LogP contribution in [-0.2, 0) is 23.1 Å². The summed E-state index contributed by atoms with van der Waals surface area (Å²) in [4.78, 5) is 11.3. The fraction of sp³-hybridized carbons (Fsp3) is 0.778. The van der Waals surface area contributed by atoms with Gasteiger partial charge in [0.15, 0.2) is 5.97 Å². The molecule has 0 aromatic carbocycles. The summed E-state index contributed by atoms with van der Waals surface area (Å²) in [5.41, 5.74) is -0.00644. The molecule has 0 rings (SSSR count). The van der Waals surface area contributed by atoms with E-state index in [9.17, 15) is 9.36 Å². The number of carbonyl (C=O) groups is 1. The van der Waals surface area contributed by atoms with Gasteiger partial charge >= 0.3 is 29.6 Å². The summed E-state index contributed by atoms with van der Waals surface area (Å²) in [5, 5.41) is 0. The summed E-state index contributed by atoms with van der Waals surface area (Å²) in [6.07, 6.45) is 0. The van der Waals surface area contributed by atoms with Gasteiger partial charge in [0.2, 0.25) is 7.60 Å². The number of ether oxygens (including phenoxy) is 1. The molecule has 16 heavy (non-hydrogen) atoms. The van der Waals surface area contributed by atoms with Gasteiger partial charge in [-0.1, -0.05) is 0 Å². The van der Waals surface area contributed by atoms with Crippen LogP contribution < -0.4 is 29.6 Å². The Labute approximate surface area is 119 Å². The van der Waals surface area contributed by atoms with Crippen LogP contribution in [-0.4, -0.2) is 25.8 Å². The number of carbonyl (C=O) groups excluding carboxylic acids is 1. The van der Waals surface area contributed by atoms with Crippen molar-refractivity contribution < 1.29 is 52.7 Å². The Kier molecular flexibility index (Phi) is 11.2.